The predicted octanol–water partition coefficient (Wildman–Crippen LogP) is -0.583. The van der Waals surface area contributed by atoms with Crippen molar-refractivity contribution in [1.29, 1.82) is 0 Å². The summed E-state index contributed by atoms with van der Waals surface area (Å²) in [5.41, 5.74) is 2.84. The first-order valence-corrected chi connectivity index (χ1v) is 6.07. The molecular weight excluding hydrogens is 220 g/mol. The molecule has 1 fully saturated rings. The van der Waals surface area contributed by atoms with Crippen molar-refractivity contribution in [2.75, 3.05) is 32.7 Å². The quantitative estimate of drug-likeness (QED) is 0.700. The Morgan fingerprint density at radius 3 is 2.53 bits per heavy atom. The standard InChI is InChI=1S/C11H18N4O2/c1-2-14-5-7-15(8-6-14)11(17)9-3-4-10(16)13-12-9/h2-8H2,1H3,(H,13,16). The third kappa shape index (κ3) is 2.82. The van der Waals surface area contributed by atoms with E-state index in [-0.39, 0.29) is 11.8 Å². The average molecular weight is 238 g/mol. The van der Waals surface area contributed by atoms with E-state index in [2.05, 4.69) is 22.4 Å². The molecule has 0 saturated carbocycles. The van der Waals surface area contributed by atoms with Crippen LogP contribution >= 0.6 is 0 Å². The third-order valence-corrected chi connectivity index (χ3v) is 3.26. The van der Waals surface area contributed by atoms with Crippen LogP contribution in [0.3, 0.4) is 0 Å². The van der Waals surface area contributed by atoms with Gasteiger partial charge in [0.15, 0.2) is 0 Å². The van der Waals surface area contributed by atoms with E-state index >= 15 is 0 Å². The molecule has 0 radical (unpaired) electrons. The number of nitrogens with zero attached hydrogens (tertiary/aromatic N) is 3. The molecule has 0 bridgehead atoms. The number of amides is 2. The molecule has 6 nitrogen and oxygen atoms in total. The van der Waals surface area contributed by atoms with Crippen LogP contribution in [0.1, 0.15) is 19.8 Å². The van der Waals surface area contributed by atoms with Crippen LogP contribution in [0, 0.1) is 0 Å². The summed E-state index contributed by atoms with van der Waals surface area (Å²) in [4.78, 5) is 27.2. The van der Waals surface area contributed by atoms with E-state index in [1.807, 2.05) is 4.90 Å². The minimum Gasteiger partial charge on any atom is -0.335 e. The number of nitrogens with one attached hydrogen (secondary N) is 1. The van der Waals surface area contributed by atoms with Gasteiger partial charge in [0.25, 0.3) is 5.91 Å². The van der Waals surface area contributed by atoms with Crippen LogP contribution in [0.4, 0.5) is 0 Å². The normalized spacial score (nSPS) is 22.1. The molecule has 0 unspecified atom stereocenters. The van der Waals surface area contributed by atoms with Crippen LogP contribution in [0.25, 0.3) is 0 Å². The summed E-state index contributed by atoms with van der Waals surface area (Å²) < 4.78 is 0. The van der Waals surface area contributed by atoms with Gasteiger partial charge in [0.1, 0.15) is 5.71 Å². The van der Waals surface area contributed by atoms with Crippen LogP contribution in [-0.4, -0.2) is 60.0 Å². The van der Waals surface area contributed by atoms with E-state index < -0.39 is 0 Å². The molecule has 2 heterocycles. The number of rotatable bonds is 2. The van der Waals surface area contributed by atoms with Gasteiger partial charge in [-0.05, 0) is 6.54 Å². The maximum Gasteiger partial charge on any atom is 0.270 e. The van der Waals surface area contributed by atoms with Crippen molar-refractivity contribution in [2.24, 2.45) is 5.10 Å². The van der Waals surface area contributed by atoms with Gasteiger partial charge in [-0.25, -0.2) is 5.43 Å². The smallest absolute Gasteiger partial charge is 0.270 e. The SMILES string of the molecule is CCN1CCN(C(=O)C2=NNC(=O)CC2)CC1. The molecule has 0 aromatic carbocycles. The highest BCUT2D eigenvalue weighted by molar-refractivity contribution is 6.39. The largest absolute Gasteiger partial charge is 0.335 e. The second-order valence-corrected chi connectivity index (χ2v) is 4.32. The molecule has 17 heavy (non-hydrogen) atoms. The summed E-state index contributed by atoms with van der Waals surface area (Å²) in [5, 5.41) is 3.84. The summed E-state index contributed by atoms with van der Waals surface area (Å²) >= 11 is 0. The molecule has 0 aliphatic carbocycles. The summed E-state index contributed by atoms with van der Waals surface area (Å²) in [6.45, 7) is 6.49. The lowest BCUT2D eigenvalue weighted by Crippen LogP contribution is -2.51. The van der Waals surface area contributed by atoms with Gasteiger partial charge < -0.3 is 9.80 Å². The highest BCUT2D eigenvalue weighted by atomic mass is 16.2. The van der Waals surface area contributed by atoms with Crippen LogP contribution in [0.5, 0.6) is 0 Å². The Balaban J connectivity index is 1.90. The lowest BCUT2D eigenvalue weighted by atomic mass is 10.1. The van der Waals surface area contributed by atoms with Gasteiger partial charge in [-0.3, -0.25) is 9.59 Å². The molecule has 2 amide bonds. The molecular formula is C11H18N4O2. The second-order valence-electron chi connectivity index (χ2n) is 4.32. The first kappa shape index (κ1) is 12.0. The maximum absolute atomic E-state index is 12.1. The summed E-state index contributed by atoms with van der Waals surface area (Å²) in [6, 6.07) is 0. The molecule has 6 heteroatoms. The molecule has 0 spiro atoms. The number of likely N-dealkylation sites (N-methyl/N-ethyl adjacent to an activating group) is 1. The first-order valence-electron chi connectivity index (χ1n) is 6.07. The zero-order valence-electron chi connectivity index (χ0n) is 10.1. The molecule has 2 aliphatic heterocycles. The molecule has 2 rings (SSSR count). The summed E-state index contributed by atoms with van der Waals surface area (Å²) in [6.07, 6.45) is 0.818. The number of hydrazone groups is 1. The van der Waals surface area contributed by atoms with Crippen LogP contribution in [0.2, 0.25) is 0 Å². The fourth-order valence-corrected chi connectivity index (χ4v) is 2.08. The highest BCUT2D eigenvalue weighted by Crippen LogP contribution is 2.07. The summed E-state index contributed by atoms with van der Waals surface area (Å²) in [7, 11) is 0. The number of hydrogen-bond donors (Lipinski definition) is 1. The van der Waals surface area contributed by atoms with E-state index in [1.165, 1.54) is 0 Å². The van der Waals surface area contributed by atoms with Gasteiger partial charge in [0.2, 0.25) is 5.91 Å². The van der Waals surface area contributed by atoms with Gasteiger partial charge in [0.05, 0.1) is 0 Å². The fourth-order valence-electron chi connectivity index (χ4n) is 2.08. The van der Waals surface area contributed by atoms with E-state index in [0.717, 1.165) is 32.7 Å². The second kappa shape index (κ2) is 5.27. The lowest BCUT2D eigenvalue weighted by Gasteiger charge is -2.34. The monoisotopic (exact) mass is 238 g/mol. The number of carbonyl (C=O) groups is 2. The Bertz CT molecular complexity index is 345. The molecule has 0 aromatic heterocycles. The molecule has 0 atom stereocenters. The topological polar surface area (TPSA) is 65.0 Å². The zero-order chi connectivity index (χ0) is 12.3. The molecule has 1 saturated heterocycles. The van der Waals surface area contributed by atoms with Crippen LogP contribution in [0.15, 0.2) is 5.10 Å². The Kier molecular flexibility index (Phi) is 3.73. The molecule has 0 aromatic rings. The number of piperazine rings is 1. The van der Waals surface area contributed by atoms with Crippen molar-refractivity contribution >= 4 is 17.5 Å². The third-order valence-electron chi connectivity index (χ3n) is 3.26. The maximum atomic E-state index is 12.1. The van der Waals surface area contributed by atoms with Gasteiger partial charge >= 0.3 is 0 Å². The Morgan fingerprint density at radius 2 is 2.00 bits per heavy atom. The molecule has 1 N–H and O–H groups in total. The predicted molar refractivity (Wildman–Crippen MR) is 63.5 cm³/mol. The van der Waals surface area contributed by atoms with Crippen molar-refractivity contribution in [2.45, 2.75) is 19.8 Å². The fraction of sp³-hybridized carbons (Fsp3) is 0.727. The Morgan fingerprint density at radius 1 is 1.29 bits per heavy atom. The minimum atomic E-state index is -0.114. The number of hydrogen-bond acceptors (Lipinski definition) is 4. The average Bonchev–Trinajstić information content (AvgIpc) is 2.39. The zero-order valence-corrected chi connectivity index (χ0v) is 10.1. The van der Waals surface area contributed by atoms with Gasteiger partial charge in [-0.2, -0.15) is 5.10 Å². The Hall–Kier alpha value is -1.43. The van der Waals surface area contributed by atoms with Gasteiger partial charge in [0, 0.05) is 39.0 Å². The first-order chi connectivity index (χ1) is 8.20. The van der Waals surface area contributed by atoms with E-state index in [4.69, 9.17) is 0 Å². The van der Waals surface area contributed by atoms with Crippen LogP contribution < -0.4 is 5.43 Å². The van der Waals surface area contributed by atoms with Crippen molar-refractivity contribution in [3.8, 4) is 0 Å². The van der Waals surface area contributed by atoms with Crippen molar-refractivity contribution in [3.05, 3.63) is 0 Å². The molecule has 94 valence electrons. The van der Waals surface area contributed by atoms with Crippen molar-refractivity contribution in [3.63, 3.8) is 0 Å². The van der Waals surface area contributed by atoms with E-state index in [0.29, 0.717) is 18.6 Å². The van der Waals surface area contributed by atoms with Crippen molar-refractivity contribution < 1.29 is 9.59 Å². The van der Waals surface area contributed by atoms with Gasteiger partial charge in [-0.1, -0.05) is 6.92 Å². The highest BCUT2D eigenvalue weighted by Gasteiger charge is 2.26. The minimum absolute atomic E-state index is 0.0271. The van der Waals surface area contributed by atoms with Crippen molar-refractivity contribution in [1.82, 2.24) is 15.2 Å². The van der Waals surface area contributed by atoms with E-state index in [1.54, 1.807) is 0 Å². The van der Waals surface area contributed by atoms with Crippen LogP contribution in [-0.2, 0) is 9.59 Å². The summed E-state index contributed by atoms with van der Waals surface area (Å²) in [5.74, 6) is -0.141. The Labute approximate surface area is 101 Å². The molecule has 2 aliphatic rings. The van der Waals surface area contributed by atoms with Gasteiger partial charge in [-0.15, -0.1) is 0 Å². The lowest BCUT2D eigenvalue weighted by molar-refractivity contribution is -0.126. The van der Waals surface area contributed by atoms with E-state index in [9.17, 15) is 9.59 Å². The number of carbonyl (C=O) groups excluding carboxylic acids is 2.